The van der Waals surface area contributed by atoms with Crippen molar-refractivity contribution in [1.82, 2.24) is 0 Å². The number of aliphatic hydroxyl groups excluding tert-OH is 7. The van der Waals surface area contributed by atoms with E-state index in [-0.39, 0.29) is 45.7 Å². The summed E-state index contributed by atoms with van der Waals surface area (Å²) in [5, 5.41) is 85.1. The number of hydrogen-bond acceptors (Lipinski definition) is 13. The molecular formula is C42H70O13. The number of rotatable bonds is 10. The van der Waals surface area contributed by atoms with Crippen LogP contribution in [-0.2, 0) is 23.7 Å². The number of carbonyl (C=O) groups excluding carboxylic acids is 1. The molecule has 55 heavy (non-hydrogen) atoms. The van der Waals surface area contributed by atoms with E-state index in [4.69, 9.17) is 18.9 Å². The molecule has 6 aliphatic rings. The van der Waals surface area contributed by atoms with Crippen molar-refractivity contribution in [3.63, 3.8) is 0 Å². The van der Waals surface area contributed by atoms with E-state index in [0.717, 1.165) is 38.5 Å². The monoisotopic (exact) mass is 782 g/mol. The van der Waals surface area contributed by atoms with Gasteiger partial charge >= 0.3 is 0 Å². The van der Waals surface area contributed by atoms with Crippen molar-refractivity contribution >= 4 is 5.78 Å². The molecule has 0 aromatic rings. The fraction of sp³-hybridized carbons (Fsp3) is 0.929. The third-order valence-corrected chi connectivity index (χ3v) is 16.4. The van der Waals surface area contributed by atoms with Gasteiger partial charge in [0.1, 0.15) is 54.6 Å². The molecule has 2 saturated heterocycles. The third kappa shape index (κ3) is 7.11. The minimum absolute atomic E-state index is 0.0790. The molecule has 0 bridgehead atoms. The zero-order chi connectivity index (χ0) is 40.6. The summed E-state index contributed by atoms with van der Waals surface area (Å²) >= 11 is 0. The molecule has 19 atom stereocenters. The summed E-state index contributed by atoms with van der Waals surface area (Å²) < 4.78 is 24.3. The number of Topliss-reactive ketones (excluding diaryl/α,β-unsaturated/α-hetero) is 1. The van der Waals surface area contributed by atoms with Gasteiger partial charge in [0.15, 0.2) is 12.6 Å². The van der Waals surface area contributed by atoms with E-state index in [9.17, 15) is 45.6 Å². The van der Waals surface area contributed by atoms with Crippen molar-refractivity contribution in [2.75, 3.05) is 13.2 Å². The van der Waals surface area contributed by atoms with Crippen LogP contribution in [0.1, 0.15) is 113 Å². The second-order valence-electron chi connectivity index (χ2n) is 19.9. The highest BCUT2D eigenvalue weighted by Crippen LogP contribution is 2.75. The van der Waals surface area contributed by atoms with E-state index in [1.54, 1.807) is 0 Å². The molecule has 0 spiro atoms. The Balaban J connectivity index is 1.23. The standard InChI is InChI=1S/C42H70O13/c1-21(2)10-9-14-42(8,51)22-11-16-41(7)29(22)23(45)18-27-39(5)15-13-28(38(3,4)26(39)12-17-40(27,41)6)54-37-35(33(49)31(47)25(20-44)53-37)55-36-34(50)32(48)30(46)24(19-43)52-36/h10,22,24-37,43-44,46-51H,9,11-20H2,1-8H3. The quantitative estimate of drug-likeness (QED) is 0.118. The Morgan fingerprint density at radius 3 is 2.00 bits per heavy atom. The molecule has 0 radical (unpaired) electrons. The summed E-state index contributed by atoms with van der Waals surface area (Å²) in [4.78, 5) is 14.5. The summed E-state index contributed by atoms with van der Waals surface area (Å²) in [6, 6.07) is 0. The maximum atomic E-state index is 14.5. The van der Waals surface area contributed by atoms with Gasteiger partial charge in [-0.1, -0.05) is 46.3 Å². The number of fused-ring (bicyclic) bond motifs is 5. The van der Waals surface area contributed by atoms with Crippen molar-refractivity contribution in [1.29, 1.82) is 0 Å². The minimum Gasteiger partial charge on any atom is -0.394 e. The predicted molar refractivity (Wildman–Crippen MR) is 200 cm³/mol. The van der Waals surface area contributed by atoms with Crippen LogP contribution in [0.15, 0.2) is 11.6 Å². The first kappa shape index (κ1) is 43.5. The Hall–Kier alpha value is -1.07. The van der Waals surface area contributed by atoms with E-state index in [1.165, 1.54) is 5.57 Å². The van der Waals surface area contributed by atoms with Gasteiger partial charge in [-0.15, -0.1) is 0 Å². The van der Waals surface area contributed by atoms with E-state index >= 15 is 0 Å². The maximum absolute atomic E-state index is 14.5. The molecule has 19 unspecified atom stereocenters. The van der Waals surface area contributed by atoms with Crippen LogP contribution >= 0.6 is 0 Å². The molecule has 4 aliphatic carbocycles. The number of ketones is 1. The minimum atomic E-state index is -1.76. The van der Waals surface area contributed by atoms with Gasteiger partial charge in [-0.05, 0) is 112 Å². The van der Waals surface area contributed by atoms with E-state index in [1.807, 2.05) is 6.92 Å². The van der Waals surface area contributed by atoms with Crippen molar-refractivity contribution in [3.05, 3.63) is 11.6 Å². The molecule has 6 fully saturated rings. The average molecular weight is 783 g/mol. The Labute approximate surface area is 326 Å². The number of ether oxygens (including phenoxy) is 4. The fourth-order valence-corrected chi connectivity index (χ4v) is 13.0. The lowest BCUT2D eigenvalue weighted by atomic mass is 9.35. The van der Waals surface area contributed by atoms with Crippen LogP contribution < -0.4 is 0 Å². The second-order valence-corrected chi connectivity index (χ2v) is 19.9. The first-order valence-electron chi connectivity index (χ1n) is 20.7. The first-order valence-corrected chi connectivity index (χ1v) is 20.7. The Morgan fingerprint density at radius 1 is 0.782 bits per heavy atom. The Kier molecular flexibility index (Phi) is 12.3. The summed E-state index contributed by atoms with van der Waals surface area (Å²) in [5.41, 5.74) is -0.735. The van der Waals surface area contributed by atoms with Crippen molar-refractivity contribution in [3.8, 4) is 0 Å². The lowest BCUT2D eigenvalue weighted by Crippen LogP contribution is -2.67. The van der Waals surface area contributed by atoms with Gasteiger partial charge in [0.25, 0.3) is 0 Å². The van der Waals surface area contributed by atoms with Gasteiger partial charge in [0.2, 0.25) is 0 Å². The molecule has 0 aromatic carbocycles. The summed E-state index contributed by atoms with van der Waals surface area (Å²) in [6.45, 7) is 16.2. The summed E-state index contributed by atoms with van der Waals surface area (Å²) in [7, 11) is 0. The lowest BCUT2D eigenvalue weighted by molar-refractivity contribution is -0.378. The van der Waals surface area contributed by atoms with Gasteiger partial charge in [-0.3, -0.25) is 4.79 Å². The lowest BCUT2D eigenvalue weighted by Gasteiger charge is -2.69. The van der Waals surface area contributed by atoms with Crippen LogP contribution in [0.25, 0.3) is 0 Å². The normalized spacial score (nSPS) is 50.7. The molecule has 6 rings (SSSR count). The number of allylic oxidation sites excluding steroid dienone is 2. The van der Waals surface area contributed by atoms with Gasteiger partial charge < -0.3 is 59.8 Å². The number of aliphatic hydroxyl groups is 8. The Bertz CT molecular complexity index is 1410. The molecule has 316 valence electrons. The molecule has 2 aliphatic heterocycles. The topological polar surface area (TPSA) is 216 Å². The van der Waals surface area contributed by atoms with Crippen LogP contribution in [0, 0.1) is 45.3 Å². The highest BCUT2D eigenvalue weighted by molar-refractivity contribution is 5.84. The predicted octanol–water partition coefficient (Wildman–Crippen LogP) is 2.36. The zero-order valence-corrected chi connectivity index (χ0v) is 34.1. The van der Waals surface area contributed by atoms with E-state index < -0.39 is 91.7 Å². The summed E-state index contributed by atoms with van der Waals surface area (Å²) in [5.74, 6) is 0.287. The van der Waals surface area contributed by atoms with Crippen LogP contribution in [0.5, 0.6) is 0 Å². The molecule has 8 N–H and O–H groups in total. The SMILES string of the molecule is CC(C)=CCCC(C)(O)C1CCC2(C)C1C(=O)CC1C3(C)CCC(OC4OC(CO)C(O)C(O)C4OC4OC(CO)C(O)C(O)C4O)C(C)(C)C3CCC12C. The molecular weight excluding hydrogens is 712 g/mol. The van der Waals surface area contributed by atoms with Crippen molar-refractivity contribution in [2.24, 2.45) is 45.3 Å². The first-order chi connectivity index (χ1) is 25.6. The number of carbonyl (C=O) groups is 1. The average Bonchev–Trinajstić information content (AvgIpc) is 3.50. The Morgan fingerprint density at radius 2 is 1.38 bits per heavy atom. The molecule has 2 heterocycles. The molecule has 4 saturated carbocycles. The summed E-state index contributed by atoms with van der Waals surface area (Å²) in [6.07, 6.45) is -6.61. The smallest absolute Gasteiger partial charge is 0.187 e. The van der Waals surface area contributed by atoms with Gasteiger partial charge in [-0.2, -0.15) is 0 Å². The van der Waals surface area contributed by atoms with E-state index in [0.29, 0.717) is 19.3 Å². The van der Waals surface area contributed by atoms with Crippen molar-refractivity contribution < 1.29 is 64.6 Å². The zero-order valence-electron chi connectivity index (χ0n) is 34.1. The van der Waals surface area contributed by atoms with Crippen LogP contribution in [0.4, 0.5) is 0 Å². The van der Waals surface area contributed by atoms with Gasteiger partial charge in [-0.25, -0.2) is 0 Å². The highest BCUT2D eigenvalue weighted by Gasteiger charge is 2.72. The molecule has 13 nitrogen and oxygen atoms in total. The fourth-order valence-electron chi connectivity index (χ4n) is 13.0. The van der Waals surface area contributed by atoms with Crippen LogP contribution in [-0.4, -0.2) is 133 Å². The van der Waals surface area contributed by atoms with Gasteiger partial charge in [0.05, 0.1) is 24.9 Å². The third-order valence-electron chi connectivity index (χ3n) is 16.4. The molecule has 0 amide bonds. The van der Waals surface area contributed by atoms with Gasteiger partial charge in [0, 0.05) is 12.3 Å². The van der Waals surface area contributed by atoms with Crippen molar-refractivity contribution in [2.45, 2.75) is 186 Å². The van der Waals surface area contributed by atoms with Crippen LogP contribution in [0.3, 0.4) is 0 Å². The highest BCUT2D eigenvalue weighted by atomic mass is 16.8. The number of hydrogen-bond donors (Lipinski definition) is 8. The largest absolute Gasteiger partial charge is 0.394 e. The van der Waals surface area contributed by atoms with E-state index in [2.05, 4.69) is 54.5 Å². The maximum Gasteiger partial charge on any atom is 0.187 e. The second kappa shape index (κ2) is 15.5. The molecule has 13 heteroatoms. The van der Waals surface area contributed by atoms with Crippen LogP contribution in [0.2, 0.25) is 0 Å². The molecule has 0 aromatic heterocycles.